The van der Waals surface area contributed by atoms with Crippen LogP contribution in [0.25, 0.3) is 10.9 Å². The SMILES string of the molecule is Cl.Cn1c2c(c3cc(F)ccc31)CNCC2. The van der Waals surface area contributed by atoms with Gasteiger partial charge in [-0.05, 0) is 23.8 Å². The summed E-state index contributed by atoms with van der Waals surface area (Å²) >= 11 is 0. The second-order valence-electron chi connectivity index (χ2n) is 4.07. The summed E-state index contributed by atoms with van der Waals surface area (Å²) in [6, 6.07) is 5.03. The van der Waals surface area contributed by atoms with Crippen LogP contribution in [-0.4, -0.2) is 11.1 Å². The van der Waals surface area contributed by atoms with E-state index in [0.29, 0.717) is 0 Å². The molecule has 16 heavy (non-hydrogen) atoms. The van der Waals surface area contributed by atoms with E-state index < -0.39 is 0 Å². The van der Waals surface area contributed by atoms with Crippen LogP contribution in [0.3, 0.4) is 0 Å². The van der Waals surface area contributed by atoms with Crippen LogP contribution >= 0.6 is 12.4 Å². The van der Waals surface area contributed by atoms with Gasteiger partial charge in [-0.25, -0.2) is 4.39 Å². The maximum Gasteiger partial charge on any atom is 0.123 e. The molecule has 0 amide bonds. The van der Waals surface area contributed by atoms with Gasteiger partial charge < -0.3 is 9.88 Å². The van der Waals surface area contributed by atoms with E-state index in [4.69, 9.17) is 0 Å². The second kappa shape index (κ2) is 4.07. The predicted octanol–water partition coefficient (Wildman–Crippen LogP) is 2.38. The van der Waals surface area contributed by atoms with Crippen molar-refractivity contribution in [3.8, 4) is 0 Å². The van der Waals surface area contributed by atoms with Crippen LogP contribution in [0.1, 0.15) is 11.3 Å². The summed E-state index contributed by atoms with van der Waals surface area (Å²) in [5.41, 5.74) is 3.73. The fourth-order valence-corrected chi connectivity index (χ4v) is 2.48. The van der Waals surface area contributed by atoms with E-state index in [0.717, 1.165) is 30.4 Å². The van der Waals surface area contributed by atoms with E-state index >= 15 is 0 Å². The first-order valence-corrected chi connectivity index (χ1v) is 5.24. The number of aryl methyl sites for hydroxylation is 1. The van der Waals surface area contributed by atoms with Crippen LogP contribution in [0.4, 0.5) is 4.39 Å². The Morgan fingerprint density at radius 1 is 1.38 bits per heavy atom. The van der Waals surface area contributed by atoms with Gasteiger partial charge in [-0.1, -0.05) is 0 Å². The maximum atomic E-state index is 13.2. The number of hydrogen-bond donors (Lipinski definition) is 1. The van der Waals surface area contributed by atoms with Gasteiger partial charge in [0.1, 0.15) is 5.82 Å². The van der Waals surface area contributed by atoms with Gasteiger partial charge in [0.2, 0.25) is 0 Å². The highest BCUT2D eigenvalue weighted by molar-refractivity contribution is 5.86. The Morgan fingerprint density at radius 3 is 3.00 bits per heavy atom. The van der Waals surface area contributed by atoms with Crippen LogP contribution in [-0.2, 0) is 20.0 Å². The highest BCUT2D eigenvalue weighted by atomic mass is 35.5. The Bertz CT molecular complexity index is 533. The van der Waals surface area contributed by atoms with E-state index in [-0.39, 0.29) is 18.2 Å². The fourth-order valence-electron chi connectivity index (χ4n) is 2.48. The van der Waals surface area contributed by atoms with E-state index in [9.17, 15) is 4.39 Å². The lowest BCUT2D eigenvalue weighted by atomic mass is 10.1. The van der Waals surface area contributed by atoms with Crippen molar-refractivity contribution in [2.45, 2.75) is 13.0 Å². The first kappa shape index (κ1) is 11.4. The monoisotopic (exact) mass is 240 g/mol. The number of nitrogens with zero attached hydrogens (tertiary/aromatic N) is 1. The quantitative estimate of drug-likeness (QED) is 0.748. The number of rotatable bonds is 0. The van der Waals surface area contributed by atoms with Crippen LogP contribution in [0.15, 0.2) is 18.2 Å². The molecule has 4 heteroatoms. The Hall–Kier alpha value is -1.06. The van der Waals surface area contributed by atoms with Gasteiger partial charge in [0, 0.05) is 43.2 Å². The van der Waals surface area contributed by atoms with Crippen LogP contribution in [0.2, 0.25) is 0 Å². The van der Waals surface area contributed by atoms with Crippen LogP contribution in [0.5, 0.6) is 0 Å². The number of fused-ring (bicyclic) bond motifs is 3. The van der Waals surface area contributed by atoms with Gasteiger partial charge in [0.15, 0.2) is 0 Å². The molecular formula is C12H14ClFN2. The molecule has 1 aromatic carbocycles. The standard InChI is InChI=1S/C12H13FN2.ClH/c1-15-11-3-2-8(13)6-9(11)10-7-14-5-4-12(10)15;/h2-3,6,14H,4-5,7H2,1H3;1H. The third kappa shape index (κ3) is 1.51. The third-order valence-corrected chi connectivity index (χ3v) is 3.24. The van der Waals surface area contributed by atoms with Crippen LogP contribution in [0, 0.1) is 5.82 Å². The summed E-state index contributed by atoms with van der Waals surface area (Å²) < 4.78 is 15.4. The Morgan fingerprint density at radius 2 is 2.19 bits per heavy atom. The fraction of sp³-hybridized carbons (Fsp3) is 0.333. The molecule has 1 N–H and O–H groups in total. The number of aromatic nitrogens is 1. The van der Waals surface area contributed by atoms with Gasteiger partial charge in [-0.3, -0.25) is 0 Å². The Kier molecular flexibility index (Phi) is 2.91. The molecule has 0 aliphatic carbocycles. The molecule has 0 spiro atoms. The number of halogens is 2. The summed E-state index contributed by atoms with van der Waals surface area (Å²) in [5.74, 6) is -0.151. The minimum atomic E-state index is -0.151. The minimum Gasteiger partial charge on any atom is -0.347 e. The Balaban J connectivity index is 0.000000963. The topological polar surface area (TPSA) is 17.0 Å². The van der Waals surface area contributed by atoms with Crippen molar-refractivity contribution in [3.05, 3.63) is 35.3 Å². The Labute approximate surface area is 99.9 Å². The lowest BCUT2D eigenvalue weighted by Gasteiger charge is -2.14. The summed E-state index contributed by atoms with van der Waals surface area (Å²) in [4.78, 5) is 0. The molecule has 0 saturated carbocycles. The van der Waals surface area contributed by atoms with Gasteiger partial charge in [0.05, 0.1) is 0 Å². The van der Waals surface area contributed by atoms with Crippen molar-refractivity contribution in [2.24, 2.45) is 7.05 Å². The molecule has 0 saturated heterocycles. The minimum absolute atomic E-state index is 0. The number of hydrogen-bond acceptors (Lipinski definition) is 1. The summed E-state index contributed by atoms with van der Waals surface area (Å²) in [5, 5.41) is 4.39. The van der Waals surface area contributed by atoms with Crippen molar-refractivity contribution in [1.82, 2.24) is 9.88 Å². The first-order valence-electron chi connectivity index (χ1n) is 5.24. The summed E-state index contributed by atoms with van der Waals surface area (Å²) in [6.45, 7) is 1.87. The molecule has 3 rings (SSSR count). The molecule has 1 aromatic heterocycles. The van der Waals surface area contributed by atoms with Crippen molar-refractivity contribution in [1.29, 1.82) is 0 Å². The highest BCUT2D eigenvalue weighted by Crippen LogP contribution is 2.27. The van der Waals surface area contributed by atoms with Gasteiger partial charge in [0.25, 0.3) is 0 Å². The van der Waals surface area contributed by atoms with E-state index in [1.807, 2.05) is 6.07 Å². The normalized spacial score (nSPS) is 14.6. The lowest BCUT2D eigenvalue weighted by molar-refractivity contribution is 0.621. The van der Waals surface area contributed by atoms with E-state index in [1.54, 1.807) is 6.07 Å². The number of benzene rings is 1. The number of nitrogens with one attached hydrogen (secondary N) is 1. The van der Waals surface area contributed by atoms with Gasteiger partial charge in [-0.2, -0.15) is 0 Å². The second-order valence-corrected chi connectivity index (χ2v) is 4.07. The highest BCUT2D eigenvalue weighted by Gasteiger charge is 2.17. The zero-order valence-corrected chi connectivity index (χ0v) is 9.90. The molecule has 2 aromatic rings. The molecule has 0 bridgehead atoms. The average Bonchev–Trinajstić information content (AvgIpc) is 2.54. The molecule has 0 unspecified atom stereocenters. The molecule has 0 atom stereocenters. The molecule has 0 radical (unpaired) electrons. The molecule has 1 aliphatic rings. The predicted molar refractivity (Wildman–Crippen MR) is 65.5 cm³/mol. The van der Waals surface area contributed by atoms with E-state index in [1.165, 1.54) is 17.3 Å². The zero-order chi connectivity index (χ0) is 10.4. The zero-order valence-electron chi connectivity index (χ0n) is 9.09. The molecule has 1 aliphatic heterocycles. The molecule has 0 fully saturated rings. The molecule has 2 nitrogen and oxygen atoms in total. The summed E-state index contributed by atoms with van der Waals surface area (Å²) in [6.07, 6.45) is 1.03. The van der Waals surface area contributed by atoms with Crippen molar-refractivity contribution in [2.75, 3.05) is 6.54 Å². The van der Waals surface area contributed by atoms with Crippen LogP contribution < -0.4 is 5.32 Å². The summed E-state index contributed by atoms with van der Waals surface area (Å²) in [7, 11) is 2.06. The van der Waals surface area contributed by atoms with E-state index in [2.05, 4.69) is 16.9 Å². The smallest absolute Gasteiger partial charge is 0.123 e. The van der Waals surface area contributed by atoms with Crippen molar-refractivity contribution in [3.63, 3.8) is 0 Å². The molecule has 86 valence electrons. The van der Waals surface area contributed by atoms with Gasteiger partial charge >= 0.3 is 0 Å². The molecule has 2 heterocycles. The lowest BCUT2D eigenvalue weighted by Crippen LogP contribution is -2.24. The van der Waals surface area contributed by atoms with Gasteiger partial charge in [-0.15, -0.1) is 12.4 Å². The maximum absolute atomic E-state index is 13.2. The third-order valence-electron chi connectivity index (χ3n) is 3.24. The molecular weight excluding hydrogens is 227 g/mol. The van der Waals surface area contributed by atoms with Crippen molar-refractivity contribution < 1.29 is 4.39 Å². The largest absolute Gasteiger partial charge is 0.347 e. The first-order chi connectivity index (χ1) is 7.27. The average molecular weight is 241 g/mol. The van der Waals surface area contributed by atoms with Crippen molar-refractivity contribution >= 4 is 23.3 Å².